The molecular weight excluding hydrogens is 321 g/mol. The Morgan fingerprint density at radius 1 is 1.24 bits per heavy atom. The Morgan fingerprint density at radius 3 is 2.84 bits per heavy atom. The molecule has 1 aromatic carbocycles. The standard InChI is InChI=1S/C18H18FN5O/c1-13-11-24(12-21-13)17-7-3-5-15(22-17)8-9-20-18(25)23-16-6-2-4-14(19)10-16/h2-7,10-12H,8-9H2,1H3,(H2,20,23,25). The van der Waals surface area contributed by atoms with Crippen molar-refractivity contribution in [2.45, 2.75) is 13.3 Å². The minimum Gasteiger partial charge on any atom is -0.337 e. The smallest absolute Gasteiger partial charge is 0.319 e. The Kier molecular flexibility index (Phi) is 5.03. The average molecular weight is 339 g/mol. The third-order valence-corrected chi connectivity index (χ3v) is 3.52. The van der Waals surface area contributed by atoms with E-state index in [-0.39, 0.29) is 6.03 Å². The molecule has 0 spiro atoms. The lowest BCUT2D eigenvalue weighted by atomic mass is 10.2. The molecule has 2 N–H and O–H groups in total. The topological polar surface area (TPSA) is 71.8 Å². The van der Waals surface area contributed by atoms with Gasteiger partial charge in [-0.3, -0.25) is 4.57 Å². The van der Waals surface area contributed by atoms with E-state index in [9.17, 15) is 9.18 Å². The van der Waals surface area contributed by atoms with E-state index in [1.54, 1.807) is 12.4 Å². The van der Waals surface area contributed by atoms with Gasteiger partial charge in [-0.2, -0.15) is 0 Å². The van der Waals surface area contributed by atoms with Gasteiger partial charge >= 0.3 is 6.03 Å². The predicted molar refractivity (Wildman–Crippen MR) is 93.2 cm³/mol. The molecule has 3 aromatic rings. The fraction of sp³-hybridized carbons (Fsp3) is 0.167. The maximum atomic E-state index is 13.1. The zero-order valence-corrected chi connectivity index (χ0v) is 13.7. The van der Waals surface area contributed by atoms with Crippen molar-refractivity contribution in [3.05, 3.63) is 72.2 Å². The molecule has 3 rings (SSSR count). The summed E-state index contributed by atoms with van der Waals surface area (Å²) in [6.07, 6.45) is 4.20. The Morgan fingerprint density at radius 2 is 2.08 bits per heavy atom. The molecule has 0 aliphatic rings. The summed E-state index contributed by atoms with van der Waals surface area (Å²) in [7, 11) is 0. The van der Waals surface area contributed by atoms with Gasteiger partial charge < -0.3 is 10.6 Å². The van der Waals surface area contributed by atoms with Gasteiger partial charge in [-0.1, -0.05) is 12.1 Å². The number of imidazole rings is 1. The Hall–Kier alpha value is -3.22. The third kappa shape index (κ3) is 4.63. The number of benzene rings is 1. The molecule has 2 amide bonds. The van der Waals surface area contributed by atoms with Gasteiger partial charge in [0.2, 0.25) is 0 Å². The van der Waals surface area contributed by atoms with Gasteiger partial charge in [0, 0.05) is 30.5 Å². The predicted octanol–water partition coefficient (Wildman–Crippen LogP) is 3.08. The summed E-state index contributed by atoms with van der Waals surface area (Å²) < 4.78 is 14.9. The first-order valence-electron chi connectivity index (χ1n) is 7.87. The summed E-state index contributed by atoms with van der Waals surface area (Å²) >= 11 is 0. The van der Waals surface area contributed by atoms with Crippen LogP contribution in [0.3, 0.4) is 0 Å². The van der Waals surface area contributed by atoms with Crippen molar-refractivity contribution in [2.24, 2.45) is 0 Å². The fourth-order valence-electron chi connectivity index (χ4n) is 2.34. The largest absolute Gasteiger partial charge is 0.337 e. The molecule has 2 aromatic heterocycles. The van der Waals surface area contributed by atoms with Crippen molar-refractivity contribution in [1.29, 1.82) is 0 Å². The summed E-state index contributed by atoms with van der Waals surface area (Å²) in [6, 6.07) is 11.1. The number of carbonyl (C=O) groups excluding carboxylic acids is 1. The molecule has 0 unspecified atom stereocenters. The minimum absolute atomic E-state index is 0.382. The highest BCUT2D eigenvalue weighted by Crippen LogP contribution is 2.09. The molecular formula is C18H18FN5O. The number of amides is 2. The number of aryl methyl sites for hydroxylation is 1. The molecule has 128 valence electrons. The highest BCUT2D eigenvalue weighted by molar-refractivity contribution is 5.89. The molecule has 0 radical (unpaired) electrons. The van der Waals surface area contributed by atoms with Crippen LogP contribution in [0.25, 0.3) is 5.82 Å². The molecule has 0 fully saturated rings. The average Bonchev–Trinajstić information content (AvgIpc) is 3.02. The van der Waals surface area contributed by atoms with E-state index in [2.05, 4.69) is 20.6 Å². The van der Waals surface area contributed by atoms with Crippen LogP contribution in [-0.2, 0) is 6.42 Å². The van der Waals surface area contributed by atoms with Crippen LogP contribution in [0, 0.1) is 12.7 Å². The van der Waals surface area contributed by atoms with Crippen molar-refractivity contribution < 1.29 is 9.18 Å². The Bertz CT molecular complexity index is 877. The highest BCUT2D eigenvalue weighted by Gasteiger charge is 2.04. The number of urea groups is 1. The number of nitrogens with one attached hydrogen (secondary N) is 2. The molecule has 0 aliphatic carbocycles. The molecule has 0 saturated heterocycles. The van der Waals surface area contributed by atoms with Crippen molar-refractivity contribution in [3.63, 3.8) is 0 Å². The minimum atomic E-state index is -0.395. The van der Waals surface area contributed by atoms with E-state index in [1.807, 2.05) is 35.9 Å². The first-order valence-corrected chi connectivity index (χ1v) is 7.87. The molecule has 7 heteroatoms. The molecule has 0 bridgehead atoms. The summed E-state index contributed by atoms with van der Waals surface area (Å²) in [5.74, 6) is 0.385. The lowest BCUT2D eigenvalue weighted by molar-refractivity contribution is 0.252. The molecule has 25 heavy (non-hydrogen) atoms. The summed E-state index contributed by atoms with van der Waals surface area (Å²) in [4.78, 5) is 20.6. The van der Waals surface area contributed by atoms with Crippen molar-refractivity contribution in [3.8, 4) is 5.82 Å². The second kappa shape index (κ2) is 7.57. The van der Waals surface area contributed by atoms with Crippen molar-refractivity contribution >= 4 is 11.7 Å². The first kappa shape index (κ1) is 16.6. The number of nitrogens with zero attached hydrogens (tertiary/aromatic N) is 3. The van der Waals surface area contributed by atoms with Crippen LogP contribution in [0.2, 0.25) is 0 Å². The quantitative estimate of drug-likeness (QED) is 0.750. The normalized spacial score (nSPS) is 10.5. The molecule has 0 saturated carbocycles. The molecule has 0 aliphatic heterocycles. The second-order valence-corrected chi connectivity index (χ2v) is 5.55. The number of halogens is 1. The zero-order chi connectivity index (χ0) is 17.6. The first-order chi connectivity index (χ1) is 12.1. The molecule has 0 atom stereocenters. The van der Waals surface area contributed by atoms with Gasteiger partial charge in [0.05, 0.1) is 5.69 Å². The van der Waals surface area contributed by atoms with Gasteiger partial charge in [-0.05, 0) is 37.3 Å². The molecule has 2 heterocycles. The number of hydrogen-bond donors (Lipinski definition) is 2. The number of anilines is 1. The lowest BCUT2D eigenvalue weighted by Crippen LogP contribution is -2.30. The monoisotopic (exact) mass is 339 g/mol. The van der Waals surface area contributed by atoms with E-state index in [1.165, 1.54) is 18.2 Å². The van der Waals surface area contributed by atoms with Gasteiger partial charge in [-0.25, -0.2) is 19.2 Å². The number of aromatic nitrogens is 3. The van der Waals surface area contributed by atoms with Gasteiger partial charge in [0.25, 0.3) is 0 Å². The number of carbonyl (C=O) groups is 1. The van der Waals surface area contributed by atoms with E-state index < -0.39 is 5.82 Å². The van der Waals surface area contributed by atoms with E-state index in [0.717, 1.165) is 17.2 Å². The zero-order valence-electron chi connectivity index (χ0n) is 13.7. The third-order valence-electron chi connectivity index (χ3n) is 3.52. The van der Waals surface area contributed by atoms with Crippen LogP contribution < -0.4 is 10.6 Å². The fourth-order valence-corrected chi connectivity index (χ4v) is 2.34. The van der Waals surface area contributed by atoms with E-state index in [4.69, 9.17) is 0 Å². The van der Waals surface area contributed by atoms with Gasteiger partial charge in [-0.15, -0.1) is 0 Å². The lowest BCUT2D eigenvalue weighted by Gasteiger charge is -2.08. The highest BCUT2D eigenvalue weighted by atomic mass is 19.1. The van der Waals surface area contributed by atoms with Gasteiger partial charge in [0.15, 0.2) is 0 Å². The van der Waals surface area contributed by atoms with Crippen LogP contribution in [-0.4, -0.2) is 27.1 Å². The SMILES string of the molecule is Cc1cn(-c2cccc(CCNC(=O)Nc3cccc(F)c3)n2)cn1. The maximum Gasteiger partial charge on any atom is 0.319 e. The van der Waals surface area contributed by atoms with Crippen molar-refractivity contribution in [2.75, 3.05) is 11.9 Å². The van der Waals surface area contributed by atoms with Crippen LogP contribution in [0.15, 0.2) is 55.0 Å². The van der Waals surface area contributed by atoms with Crippen molar-refractivity contribution in [1.82, 2.24) is 19.9 Å². The number of pyridine rings is 1. The number of hydrogen-bond acceptors (Lipinski definition) is 3. The van der Waals surface area contributed by atoms with E-state index >= 15 is 0 Å². The van der Waals surface area contributed by atoms with Crippen LogP contribution in [0.5, 0.6) is 0 Å². The Balaban J connectivity index is 1.53. The maximum absolute atomic E-state index is 13.1. The van der Waals surface area contributed by atoms with Crippen LogP contribution in [0.1, 0.15) is 11.4 Å². The molecule has 6 nitrogen and oxygen atoms in total. The summed E-state index contributed by atoms with van der Waals surface area (Å²) in [5.41, 5.74) is 2.19. The van der Waals surface area contributed by atoms with Crippen LogP contribution in [0.4, 0.5) is 14.9 Å². The number of rotatable bonds is 5. The Labute approximate surface area is 144 Å². The van der Waals surface area contributed by atoms with E-state index in [0.29, 0.717) is 18.7 Å². The second-order valence-electron chi connectivity index (χ2n) is 5.55. The summed E-state index contributed by atoms with van der Waals surface area (Å²) in [6.45, 7) is 2.34. The van der Waals surface area contributed by atoms with Crippen LogP contribution >= 0.6 is 0 Å². The van der Waals surface area contributed by atoms with Gasteiger partial charge in [0.1, 0.15) is 18.0 Å². The summed E-state index contributed by atoms with van der Waals surface area (Å²) in [5, 5.41) is 5.32.